The van der Waals surface area contributed by atoms with Gasteiger partial charge in [0.05, 0.1) is 18.4 Å². The largest absolute Gasteiger partial charge is 0.497 e. The predicted molar refractivity (Wildman–Crippen MR) is 102 cm³/mol. The number of pyridine rings is 1. The summed E-state index contributed by atoms with van der Waals surface area (Å²) in [5.41, 5.74) is 3.42. The van der Waals surface area contributed by atoms with Crippen LogP contribution in [-0.2, 0) is 11.3 Å². The molecule has 0 bridgehead atoms. The molecule has 0 saturated heterocycles. The van der Waals surface area contributed by atoms with Crippen LogP contribution in [0, 0.1) is 13.8 Å². The fourth-order valence-electron chi connectivity index (χ4n) is 2.51. The Morgan fingerprint density at radius 2 is 2.04 bits per heavy atom. The van der Waals surface area contributed by atoms with Crippen molar-refractivity contribution < 1.29 is 14.3 Å². The first-order valence-electron chi connectivity index (χ1n) is 7.87. The Labute approximate surface area is 160 Å². The summed E-state index contributed by atoms with van der Waals surface area (Å²) in [6.45, 7) is 3.70. The number of methoxy groups -OCH3 is 1. The number of aromatic nitrogens is 2. The van der Waals surface area contributed by atoms with E-state index in [0.29, 0.717) is 11.3 Å². The Morgan fingerprint density at radius 1 is 1.23 bits per heavy atom. The van der Waals surface area contributed by atoms with Crippen molar-refractivity contribution in [3.63, 3.8) is 0 Å². The van der Waals surface area contributed by atoms with Crippen LogP contribution in [0.5, 0.6) is 5.75 Å². The number of ether oxygens (including phenoxy) is 2. The molecule has 3 aromatic rings. The summed E-state index contributed by atoms with van der Waals surface area (Å²) in [5.74, 6) is 0.263. The molecule has 0 unspecified atom stereocenters. The topological polar surface area (TPSA) is 61.3 Å². The van der Waals surface area contributed by atoms with Crippen LogP contribution in [0.2, 0.25) is 5.15 Å². The van der Waals surface area contributed by atoms with E-state index in [1.54, 1.807) is 20.1 Å². The summed E-state index contributed by atoms with van der Waals surface area (Å²) < 4.78 is 10.6. The van der Waals surface area contributed by atoms with Gasteiger partial charge in [-0.05, 0) is 37.6 Å². The van der Waals surface area contributed by atoms with Gasteiger partial charge in [-0.15, -0.1) is 11.3 Å². The molecule has 26 heavy (non-hydrogen) atoms. The van der Waals surface area contributed by atoms with Gasteiger partial charge in [0.15, 0.2) is 0 Å². The minimum Gasteiger partial charge on any atom is -0.497 e. The summed E-state index contributed by atoms with van der Waals surface area (Å²) in [6, 6.07) is 9.45. The average molecular weight is 389 g/mol. The summed E-state index contributed by atoms with van der Waals surface area (Å²) in [7, 11) is 1.62. The highest BCUT2D eigenvalue weighted by atomic mass is 35.5. The van der Waals surface area contributed by atoms with Crippen molar-refractivity contribution >= 4 is 28.9 Å². The molecule has 0 fully saturated rings. The second kappa shape index (κ2) is 7.85. The standard InChI is InChI=1S/C19H17ClN2O3S/c1-11-7-12(2)21-17(20)16(11)19(23)25-9-14-10-26-18(22-14)13-5-4-6-15(8-13)24-3/h4-8,10H,9H2,1-3H3. The van der Waals surface area contributed by atoms with Crippen LogP contribution in [0.3, 0.4) is 0 Å². The number of nitrogens with zero attached hydrogens (tertiary/aromatic N) is 2. The van der Waals surface area contributed by atoms with Gasteiger partial charge in [-0.3, -0.25) is 0 Å². The van der Waals surface area contributed by atoms with E-state index in [-0.39, 0.29) is 11.8 Å². The SMILES string of the molecule is COc1cccc(-c2nc(COC(=O)c3c(C)cc(C)nc3Cl)cs2)c1. The smallest absolute Gasteiger partial charge is 0.341 e. The lowest BCUT2D eigenvalue weighted by Crippen LogP contribution is -2.09. The molecular weight excluding hydrogens is 372 g/mol. The van der Waals surface area contributed by atoms with E-state index in [1.165, 1.54) is 11.3 Å². The lowest BCUT2D eigenvalue weighted by atomic mass is 10.1. The second-order valence-corrected chi connectivity index (χ2v) is 6.91. The normalized spacial score (nSPS) is 10.6. The van der Waals surface area contributed by atoms with Crippen molar-refractivity contribution in [1.82, 2.24) is 9.97 Å². The van der Waals surface area contributed by atoms with Crippen molar-refractivity contribution in [3.05, 3.63) is 63.4 Å². The van der Waals surface area contributed by atoms with Crippen molar-refractivity contribution in [2.45, 2.75) is 20.5 Å². The molecule has 0 radical (unpaired) electrons. The van der Waals surface area contributed by atoms with Gasteiger partial charge in [0, 0.05) is 16.6 Å². The number of thiazole rings is 1. The highest BCUT2D eigenvalue weighted by molar-refractivity contribution is 7.13. The molecule has 7 heteroatoms. The molecule has 0 saturated carbocycles. The quantitative estimate of drug-likeness (QED) is 0.462. The fraction of sp³-hybridized carbons (Fsp3) is 0.211. The third-order valence-corrected chi connectivity index (χ3v) is 4.94. The van der Waals surface area contributed by atoms with Crippen molar-refractivity contribution in [1.29, 1.82) is 0 Å². The number of hydrogen-bond acceptors (Lipinski definition) is 6. The van der Waals surface area contributed by atoms with Crippen LogP contribution >= 0.6 is 22.9 Å². The number of hydrogen-bond donors (Lipinski definition) is 0. The summed E-state index contributed by atoms with van der Waals surface area (Å²) in [6.07, 6.45) is 0. The molecule has 3 rings (SSSR count). The predicted octanol–water partition coefficient (Wildman–Crippen LogP) is 4.84. The molecule has 134 valence electrons. The molecule has 2 heterocycles. The second-order valence-electron chi connectivity index (χ2n) is 5.70. The van der Waals surface area contributed by atoms with E-state index in [0.717, 1.165) is 27.6 Å². The zero-order valence-corrected chi connectivity index (χ0v) is 16.1. The number of esters is 1. The molecule has 0 spiro atoms. The average Bonchev–Trinajstić information content (AvgIpc) is 3.08. The zero-order chi connectivity index (χ0) is 18.7. The van der Waals surface area contributed by atoms with Crippen LogP contribution < -0.4 is 4.74 Å². The van der Waals surface area contributed by atoms with Crippen LogP contribution in [0.15, 0.2) is 35.7 Å². The van der Waals surface area contributed by atoms with Crippen molar-refractivity contribution in [2.24, 2.45) is 0 Å². The zero-order valence-electron chi connectivity index (χ0n) is 14.6. The van der Waals surface area contributed by atoms with Gasteiger partial charge in [0.2, 0.25) is 0 Å². The van der Waals surface area contributed by atoms with Gasteiger partial charge in [0.1, 0.15) is 22.5 Å². The van der Waals surface area contributed by atoms with Gasteiger partial charge in [-0.2, -0.15) is 0 Å². The van der Waals surface area contributed by atoms with E-state index in [9.17, 15) is 4.79 Å². The fourth-order valence-corrected chi connectivity index (χ4v) is 3.67. The maximum Gasteiger partial charge on any atom is 0.341 e. The van der Waals surface area contributed by atoms with Gasteiger partial charge in [0.25, 0.3) is 0 Å². The maximum absolute atomic E-state index is 12.3. The molecular formula is C19H17ClN2O3S. The lowest BCUT2D eigenvalue weighted by Gasteiger charge is -2.08. The minimum absolute atomic E-state index is 0.0724. The molecule has 0 N–H and O–H groups in total. The van der Waals surface area contributed by atoms with Crippen LogP contribution in [0.25, 0.3) is 10.6 Å². The number of carbonyl (C=O) groups is 1. The van der Waals surface area contributed by atoms with Crippen molar-refractivity contribution in [3.8, 4) is 16.3 Å². The Balaban J connectivity index is 1.71. The lowest BCUT2D eigenvalue weighted by molar-refractivity contribution is 0.0467. The van der Waals surface area contributed by atoms with Crippen LogP contribution in [0.4, 0.5) is 0 Å². The molecule has 2 aromatic heterocycles. The highest BCUT2D eigenvalue weighted by Crippen LogP contribution is 2.27. The number of aryl methyl sites for hydroxylation is 2. The first-order chi connectivity index (χ1) is 12.5. The number of rotatable bonds is 5. The summed E-state index contributed by atoms with van der Waals surface area (Å²) in [4.78, 5) is 21.0. The van der Waals surface area contributed by atoms with E-state index < -0.39 is 5.97 Å². The van der Waals surface area contributed by atoms with Gasteiger partial charge in [-0.1, -0.05) is 23.7 Å². The first-order valence-corrected chi connectivity index (χ1v) is 9.13. The van der Waals surface area contributed by atoms with Crippen LogP contribution in [0.1, 0.15) is 27.3 Å². The molecule has 0 aliphatic heterocycles. The third-order valence-electron chi connectivity index (χ3n) is 3.72. The van der Waals surface area contributed by atoms with E-state index in [4.69, 9.17) is 21.1 Å². The maximum atomic E-state index is 12.3. The van der Waals surface area contributed by atoms with E-state index >= 15 is 0 Å². The molecule has 0 aliphatic rings. The van der Waals surface area contributed by atoms with Gasteiger partial charge in [-0.25, -0.2) is 14.8 Å². The first kappa shape index (κ1) is 18.4. The molecule has 0 aliphatic carbocycles. The Bertz CT molecular complexity index is 932. The minimum atomic E-state index is -0.504. The van der Waals surface area contributed by atoms with Crippen LogP contribution in [-0.4, -0.2) is 23.0 Å². The van der Waals surface area contributed by atoms with Crippen molar-refractivity contribution in [2.75, 3.05) is 7.11 Å². The van der Waals surface area contributed by atoms with E-state index in [1.807, 2.05) is 36.6 Å². The number of carbonyl (C=O) groups excluding carboxylic acids is 1. The van der Waals surface area contributed by atoms with Gasteiger partial charge < -0.3 is 9.47 Å². The number of halogens is 1. The molecule has 0 atom stereocenters. The highest BCUT2D eigenvalue weighted by Gasteiger charge is 2.17. The molecule has 0 amide bonds. The van der Waals surface area contributed by atoms with Gasteiger partial charge >= 0.3 is 5.97 Å². The molecule has 5 nitrogen and oxygen atoms in total. The Kier molecular flexibility index (Phi) is 5.54. The number of benzene rings is 1. The Hall–Kier alpha value is -2.44. The summed E-state index contributed by atoms with van der Waals surface area (Å²) >= 11 is 7.57. The monoisotopic (exact) mass is 388 g/mol. The summed E-state index contributed by atoms with van der Waals surface area (Å²) in [5, 5.41) is 2.85. The Morgan fingerprint density at radius 3 is 2.77 bits per heavy atom. The molecule has 1 aromatic carbocycles. The van der Waals surface area contributed by atoms with E-state index in [2.05, 4.69) is 9.97 Å². The third kappa shape index (κ3) is 4.03.